The summed E-state index contributed by atoms with van der Waals surface area (Å²) in [4.78, 5) is 18.0. The zero-order chi connectivity index (χ0) is 14.8. The van der Waals surface area contributed by atoms with E-state index in [1.54, 1.807) is 6.20 Å². The third kappa shape index (κ3) is 6.02. The molecule has 0 aliphatic rings. The van der Waals surface area contributed by atoms with Crippen LogP contribution in [0.15, 0.2) is 18.3 Å². The van der Waals surface area contributed by atoms with Gasteiger partial charge in [-0.05, 0) is 25.5 Å². The molecule has 112 valence electrons. The lowest BCUT2D eigenvalue weighted by molar-refractivity contribution is -0.121. The molecule has 1 rings (SSSR count). The van der Waals surface area contributed by atoms with Gasteiger partial charge in [-0.1, -0.05) is 18.9 Å². The minimum atomic E-state index is 0.103. The monoisotopic (exact) mass is 278 g/mol. The molecule has 0 aromatic carbocycles. The van der Waals surface area contributed by atoms with Gasteiger partial charge < -0.3 is 16.0 Å². The second kappa shape index (κ2) is 9.31. The number of aromatic nitrogens is 1. The summed E-state index contributed by atoms with van der Waals surface area (Å²) in [5.41, 5.74) is 6.47. The van der Waals surface area contributed by atoms with Gasteiger partial charge in [0.2, 0.25) is 5.91 Å². The van der Waals surface area contributed by atoms with Gasteiger partial charge in [0.05, 0.1) is 0 Å². The lowest BCUT2D eigenvalue weighted by Crippen LogP contribution is -2.24. The summed E-state index contributed by atoms with van der Waals surface area (Å²) in [6.45, 7) is 1.27. The summed E-state index contributed by atoms with van der Waals surface area (Å²) < 4.78 is 0. The van der Waals surface area contributed by atoms with Crippen molar-refractivity contribution < 1.29 is 4.79 Å². The van der Waals surface area contributed by atoms with E-state index < -0.39 is 0 Å². The highest BCUT2D eigenvalue weighted by molar-refractivity contribution is 5.76. The lowest BCUT2D eigenvalue weighted by Gasteiger charge is -2.16. The maximum Gasteiger partial charge on any atom is 0.220 e. The Labute approximate surface area is 121 Å². The first kappa shape index (κ1) is 16.4. The number of pyridine rings is 1. The molecular weight excluding hydrogens is 252 g/mol. The molecule has 1 aromatic rings. The first-order valence-corrected chi connectivity index (χ1v) is 7.23. The van der Waals surface area contributed by atoms with E-state index in [-0.39, 0.29) is 5.91 Å². The molecule has 5 nitrogen and oxygen atoms in total. The smallest absolute Gasteiger partial charge is 0.220 e. The van der Waals surface area contributed by atoms with Crippen molar-refractivity contribution in [1.82, 2.24) is 10.3 Å². The van der Waals surface area contributed by atoms with Crippen LogP contribution in [0.1, 0.15) is 37.7 Å². The fourth-order valence-corrected chi connectivity index (χ4v) is 2.04. The molecule has 0 bridgehead atoms. The minimum Gasteiger partial charge on any atom is -0.362 e. The molecule has 3 N–H and O–H groups in total. The third-order valence-corrected chi connectivity index (χ3v) is 3.13. The van der Waals surface area contributed by atoms with Crippen molar-refractivity contribution in [3.8, 4) is 0 Å². The first-order valence-electron chi connectivity index (χ1n) is 7.23. The Morgan fingerprint density at radius 3 is 2.75 bits per heavy atom. The van der Waals surface area contributed by atoms with E-state index in [0.717, 1.165) is 43.6 Å². The number of unbranched alkanes of at least 4 members (excludes halogenated alkanes) is 3. The van der Waals surface area contributed by atoms with Gasteiger partial charge in [0, 0.05) is 38.8 Å². The Morgan fingerprint density at radius 2 is 2.05 bits per heavy atom. The van der Waals surface area contributed by atoms with Crippen molar-refractivity contribution in [3.63, 3.8) is 0 Å². The Balaban J connectivity index is 2.30. The molecule has 0 radical (unpaired) electrons. The Morgan fingerprint density at radius 1 is 1.30 bits per heavy atom. The Kier molecular flexibility index (Phi) is 7.65. The predicted molar refractivity (Wildman–Crippen MR) is 82.6 cm³/mol. The van der Waals surface area contributed by atoms with Crippen LogP contribution in [-0.2, 0) is 11.3 Å². The van der Waals surface area contributed by atoms with Crippen molar-refractivity contribution >= 4 is 11.7 Å². The molecule has 0 fully saturated rings. The van der Waals surface area contributed by atoms with E-state index in [0.29, 0.717) is 13.0 Å². The Hall–Kier alpha value is -1.62. The van der Waals surface area contributed by atoms with Gasteiger partial charge >= 0.3 is 0 Å². The zero-order valence-electron chi connectivity index (χ0n) is 12.6. The van der Waals surface area contributed by atoms with Crippen molar-refractivity contribution in [3.05, 3.63) is 23.9 Å². The first-order chi connectivity index (χ1) is 9.65. The van der Waals surface area contributed by atoms with E-state index >= 15 is 0 Å². The van der Waals surface area contributed by atoms with Crippen molar-refractivity contribution in [2.24, 2.45) is 5.73 Å². The van der Waals surface area contributed by atoms with Crippen molar-refractivity contribution in [2.75, 3.05) is 25.5 Å². The summed E-state index contributed by atoms with van der Waals surface area (Å²) in [6.07, 6.45) is 6.50. The van der Waals surface area contributed by atoms with Gasteiger partial charge in [0.15, 0.2) is 0 Å². The van der Waals surface area contributed by atoms with Crippen LogP contribution in [-0.4, -0.2) is 31.5 Å². The maximum absolute atomic E-state index is 11.8. The Bertz CT molecular complexity index is 407. The molecule has 0 aliphatic carbocycles. The second-order valence-corrected chi connectivity index (χ2v) is 5.11. The molecule has 0 unspecified atom stereocenters. The van der Waals surface area contributed by atoms with Gasteiger partial charge in [-0.15, -0.1) is 0 Å². The maximum atomic E-state index is 11.8. The summed E-state index contributed by atoms with van der Waals surface area (Å²) in [5.74, 6) is 1.00. The number of hydrogen-bond acceptors (Lipinski definition) is 4. The molecule has 0 aliphatic heterocycles. The highest BCUT2D eigenvalue weighted by atomic mass is 16.1. The number of hydrogen-bond donors (Lipinski definition) is 2. The number of carbonyl (C=O) groups excluding carboxylic acids is 1. The van der Waals surface area contributed by atoms with Gasteiger partial charge in [0.1, 0.15) is 5.82 Å². The summed E-state index contributed by atoms with van der Waals surface area (Å²) in [7, 11) is 3.90. The summed E-state index contributed by atoms with van der Waals surface area (Å²) in [6, 6.07) is 3.88. The summed E-state index contributed by atoms with van der Waals surface area (Å²) in [5, 5.41) is 2.95. The SMILES string of the molecule is CN(C)c1ncccc1CNC(=O)CCCCCCN. The number of nitrogens with zero attached hydrogens (tertiary/aromatic N) is 2. The van der Waals surface area contributed by atoms with E-state index in [1.165, 1.54) is 0 Å². The quantitative estimate of drug-likeness (QED) is 0.674. The second-order valence-electron chi connectivity index (χ2n) is 5.11. The van der Waals surface area contributed by atoms with Crippen molar-refractivity contribution in [1.29, 1.82) is 0 Å². The van der Waals surface area contributed by atoms with Gasteiger partial charge in [-0.25, -0.2) is 4.98 Å². The molecule has 20 heavy (non-hydrogen) atoms. The van der Waals surface area contributed by atoms with Gasteiger partial charge in [-0.3, -0.25) is 4.79 Å². The number of rotatable bonds is 9. The fourth-order valence-electron chi connectivity index (χ4n) is 2.04. The lowest BCUT2D eigenvalue weighted by atomic mass is 10.1. The molecule has 0 atom stereocenters. The number of anilines is 1. The average Bonchev–Trinajstić information content (AvgIpc) is 2.45. The number of nitrogens with two attached hydrogens (primary N) is 1. The third-order valence-electron chi connectivity index (χ3n) is 3.13. The van der Waals surface area contributed by atoms with Gasteiger partial charge in [-0.2, -0.15) is 0 Å². The average molecular weight is 278 g/mol. The number of amides is 1. The molecule has 1 amide bonds. The van der Waals surface area contributed by atoms with Crippen molar-refractivity contribution in [2.45, 2.75) is 38.6 Å². The van der Waals surface area contributed by atoms with Crippen LogP contribution in [0.25, 0.3) is 0 Å². The van der Waals surface area contributed by atoms with Crippen LogP contribution in [0.5, 0.6) is 0 Å². The molecule has 1 heterocycles. The van der Waals surface area contributed by atoms with Crippen LogP contribution in [0.2, 0.25) is 0 Å². The van der Waals surface area contributed by atoms with Crippen LogP contribution in [0.4, 0.5) is 5.82 Å². The largest absolute Gasteiger partial charge is 0.362 e. The van der Waals surface area contributed by atoms with E-state index in [2.05, 4.69) is 10.3 Å². The fraction of sp³-hybridized carbons (Fsp3) is 0.600. The van der Waals surface area contributed by atoms with Crippen LogP contribution in [0.3, 0.4) is 0 Å². The number of nitrogens with one attached hydrogen (secondary N) is 1. The number of carbonyl (C=O) groups is 1. The van der Waals surface area contributed by atoms with E-state index in [9.17, 15) is 4.79 Å². The molecule has 0 saturated carbocycles. The zero-order valence-corrected chi connectivity index (χ0v) is 12.6. The molecule has 0 spiro atoms. The molecule has 0 saturated heterocycles. The highest BCUT2D eigenvalue weighted by Gasteiger charge is 2.07. The summed E-state index contributed by atoms with van der Waals surface area (Å²) >= 11 is 0. The standard InChI is InChI=1S/C15H26N4O/c1-19(2)15-13(8-7-11-17-15)12-18-14(20)9-5-3-4-6-10-16/h7-8,11H,3-6,9-10,12,16H2,1-2H3,(H,18,20). The molecular formula is C15H26N4O. The molecule has 5 heteroatoms. The van der Waals surface area contributed by atoms with Crippen LogP contribution < -0.4 is 16.0 Å². The highest BCUT2D eigenvalue weighted by Crippen LogP contribution is 2.13. The van der Waals surface area contributed by atoms with Gasteiger partial charge in [0.25, 0.3) is 0 Å². The van der Waals surface area contributed by atoms with E-state index in [4.69, 9.17) is 5.73 Å². The normalized spacial score (nSPS) is 10.3. The van der Waals surface area contributed by atoms with Crippen LogP contribution >= 0.6 is 0 Å². The minimum absolute atomic E-state index is 0.103. The van der Waals surface area contributed by atoms with E-state index in [1.807, 2.05) is 31.1 Å². The predicted octanol–water partition coefficient (Wildman–Crippen LogP) is 1.67. The molecule has 1 aromatic heterocycles. The van der Waals surface area contributed by atoms with Crippen LogP contribution in [0, 0.1) is 0 Å². The topological polar surface area (TPSA) is 71.2 Å².